The summed E-state index contributed by atoms with van der Waals surface area (Å²) < 4.78 is 1.96. The smallest absolute Gasteiger partial charge is 0.255 e. The molecule has 1 amide bonds. The quantitative estimate of drug-likeness (QED) is 0.727. The number of nitrogens with zero attached hydrogens (tertiary/aromatic N) is 2. The van der Waals surface area contributed by atoms with Crippen molar-refractivity contribution in [3.8, 4) is 5.75 Å². The number of aromatic hydroxyl groups is 1. The van der Waals surface area contributed by atoms with Crippen molar-refractivity contribution < 1.29 is 9.90 Å². The summed E-state index contributed by atoms with van der Waals surface area (Å²) >= 11 is 0. The molecule has 5 heteroatoms. The van der Waals surface area contributed by atoms with Gasteiger partial charge in [-0.05, 0) is 29.8 Å². The molecule has 5 nitrogen and oxygen atoms in total. The van der Waals surface area contributed by atoms with Crippen LogP contribution in [0, 0.1) is 0 Å². The van der Waals surface area contributed by atoms with E-state index in [9.17, 15) is 9.90 Å². The molecule has 1 aromatic heterocycles. The fraction of sp³-hybridized carbons (Fsp3) is 0.0588. The first-order valence-electron chi connectivity index (χ1n) is 6.86. The lowest BCUT2D eigenvalue weighted by Crippen LogP contribution is -2.12. The number of nitrogens with one attached hydrogen (secondary N) is 1. The summed E-state index contributed by atoms with van der Waals surface area (Å²) in [6.07, 6.45) is 5.37. The van der Waals surface area contributed by atoms with E-state index >= 15 is 0 Å². The van der Waals surface area contributed by atoms with E-state index in [0.29, 0.717) is 17.8 Å². The van der Waals surface area contributed by atoms with E-state index in [2.05, 4.69) is 10.3 Å². The highest BCUT2D eigenvalue weighted by molar-refractivity contribution is 6.04. The maximum absolute atomic E-state index is 12.2. The average molecular weight is 293 g/mol. The molecule has 0 aliphatic carbocycles. The van der Waals surface area contributed by atoms with Crippen molar-refractivity contribution in [2.45, 2.75) is 6.54 Å². The van der Waals surface area contributed by atoms with Crippen LogP contribution in [0.5, 0.6) is 5.75 Å². The van der Waals surface area contributed by atoms with E-state index in [1.807, 2.05) is 22.9 Å². The van der Waals surface area contributed by atoms with Gasteiger partial charge in [0.2, 0.25) is 0 Å². The number of benzene rings is 2. The molecule has 2 aromatic carbocycles. The summed E-state index contributed by atoms with van der Waals surface area (Å²) in [5, 5.41) is 12.4. The van der Waals surface area contributed by atoms with Crippen molar-refractivity contribution in [2.75, 3.05) is 5.32 Å². The van der Waals surface area contributed by atoms with E-state index < -0.39 is 0 Å². The molecule has 0 saturated heterocycles. The molecule has 3 aromatic rings. The van der Waals surface area contributed by atoms with Crippen LogP contribution in [0.15, 0.2) is 67.3 Å². The van der Waals surface area contributed by atoms with E-state index in [1.54, 1.807) is 42.9 Å². The Hall–Kier alpha value is -3.08. The second-order valence-electron chi connectivity index (χ2n) is 4.90. The fourth-order valence-corrected chi connectivity index (χ4v) is 2.13. The number of anilines is 1. The van der Waals surface area contributed by atoms with Gasteiger partial charge in [0, 0.05) is 24.5 Å². The molecule has 110 valence electrons. The Labute approximate surface area is 127 Å². The van der Waals surface area contributed by atoms with E-state index in [1.165, 1.54) is 6.07 Å². The summed E-state index contributed by atoms with van der Waals surface area (Å²) in [5.74, 6) is -0.205. The van der Waals surface area contributed by atoms with Crippen molar-refractivity contribution >= 4 is 11.6 Å². The third-order valence-electron chi connectivity index (χ3n) is 3.29. The Balaban J connectivity index is 1.70. The Morgan fingerprint density at radius 3 is 2.59 bits per heavy atom. The molecule has 3 rings (SSSR count). The second-order valence-corrected chi connectivity index (χ2v) is 4.90. The molecule has 2 N–H and O–H groups in total. The van der Waals surface area contributed by atoms with Crippen molar-refractivity contribution in [3.63, 3.8) is 0 Å². The number of amides is 1. The monoisotopic (exact) mass is 293 g/mol. The normalized spacial score (nSPS) is 10.4. The van der Waals surface area contributed by atoms with Gasteiger partial charge in [0.15, 0.2) is 0 Å². The zero-order valence-corrected chi connectivity index (χ0v) is 11.8. The lowest BCUT2D eigenvalue weighted by atomic mass is 10.1. The highest BCUT2D eigenvalue weighted by Gasteiger charge is 2.08. The van der Waals surface area contributed by atoms with Gasteiger partial charge >= 0.3 is 0 Å². The predicted octanol–water partition coefficient (Wildman–Crippen LogP) is 2.89. The summed E-state index contributed by atoms with van der Waals surface area (Å²) in [4.78, 5) is 16.2. The Kier molecular flexibility index (Phi) is 3.87. The molecule has 0 fully saturated rings. The van der Waals surface area contributed by atoms with Gasteiger partial charge in [-0.15, -0.1) is 0 Å². The number of para-hydroxylation sites is 2. The van der Waals surface area contributed by atoms with Gasteiger partial charge in [-0.3, -0.25) is 4.79 Å². The van der Waals surface area contributed by atoms with Gasteiger partial charge in [0.1, 0.15) is 5.75 Å². The molecule has 0 aliphatic heterocycles. The molecule has 0 aliphatic rings. The molecule has 0 saturated carbocycles. The third kappa shape index (κ3) is 3.15. The molecule has 0 spiro atoms. The topological polar surface area (TPSA) is 67.2 Å². The lowest BCUT2D eigenvalue weighted by molar-refractivity contribution is 0.102. The molecule has 1 heterocycles. The summed E-state index contributed by atoms with van der Waals surface area (Å²) in [5.41, 5.74) is 2.02. The van der Waals surface area contributed by atoms with Crippen LogP contribution < -0.4 is 5.32 Å². The maximum atomic E-state index is 12.2. The van der Waals surface area contributed by atoms with Crippen molar-refractivity contribution in [1.29, 1.82) is 0 Å². The van der Waals surface area contributed by atoms with Crippen molar-refractivity contribution in [1.82, 2.24) is 9.55 Å². The van der Waals surface area contributed by atoms with E-state index in [4.69, 9.17) is 0 Å². The Morgan fingerprint density at radius 1 is 1.14 bits per heavy atom. The molecular formula is C17H15N3O2. The van der Waals surface area contributed by atoms with Crippen LogP contribution in [-0.4, -0.2) is 20.6 Å². The molecule has 22 heavy (non-hydrogen) atoms. The van der Waals surface area contributed by atoms with Gasteiger partial charge in [-0.2, -0.15) is 0 Å². The van der Waals surface area contributed by atoms with Gasteiger partial charge in [-0.1, -0.05) is 24.3 Å². The minimum atomic E-state index is -0.254. The minimum absolute atomic E-state index is 0.0487. The number of phenolic OH excluding ortho intramolecular Hbond substituents is 1. The molecule has 0 bridgehead atoms. The van der Waals surface area contributed by atoms with E-state index in [-0.39, 0.29) is 11.7 Å². The van der Waals surface area contributed by atoms with Gasteiger partial charge in [0.25, 0.3) is 5.91 Å². The zero-order valence-electron chi connectivity index (χ0n) is 11.8. The van der Waals surface area contributed by atoms with Crippen LogP contribution in [-0.2, 0) is 6.54 Å². The van der Waals surface area contributed by atoms with Gasteiger partial charge in [-0.25, -0.2) is 4.98 Å². The number of aromatic nitrogens is 2. The minimum Gasteiger partial charge on any atom is -0.506 e. The number of hydrogen-bond acceptors (Lipinski definition) is 3. The zero-order chi connectivity index (χ0) is 15.4. The number of carbonyl (C=O) groups is 1. The Bertz CT molecular complexity index is 765. The standard InChI is InChI=1S/C17H15N3O2/c21-16-4-2-1-3-15(16)19-17(22)14-7-5-13(6-8-14)11-20-10-9-18-12-20/h1-10,12,21H,11H2,(H,19,22). The van der Waals surface area contributed by atoms with Gasteiger partial charge < -0.3 is 15.0 Å². The summed E-state index contributed by atoms with van der Waals surface area (Å²) in [6.45, 7) is 0.710. The number of hydrogen-bond donors (Lipinski definition) is 2. The van der Waals surface area contributed by atoms with Crippen LogP contribution in [0.1, 0.15) is 15.9 Å². The molecular weight excluding hydrogens is 278 g/mol. The van der Waals surface area contributed by atoms with Crippen LogP contribution in [0.3, 0.4) is 0 Å². The second kappa shape index (κ2) is 6.13. The first-order valence-corrected chi connectivity index (χ1v) is 6.86. The number of rotatable bonds is 4. The van der Waals surface area contributed by atoms with Crippen LogP contribution in [0.4, 0.5) is 5.69 Å². The average Bonchev–Trinajstić information content (AvgIpc) is 3.03. The largest absolute Gasteiger partial charge is 0.506 e. The van der Waals surface area contributed by atoms with Crippen molar-refractivity contribution in [2.24, 2.45) is 0 Å². The summed E-state index contributed by atoms with van der Waals surface area (Å²) in [6, 6.07) is 14.0. The van der Waals surface area contributed by atoms with Crippen LogP contribution in [0.25, 0.3) is 0 Å². The highest BCUT2D eigenvalue weighted by Crippen LogP contribution is 2.22. The molecule has 0 unspecified atom stereocenters. The van der Waals surface area contributed by atoms with Crippen LogP contribution >= 0.6 is 0 Å². The maximum Gasteiger partial charge on any atom is 0.255 e. The highest BCUT2D eigenvalue weighted by atomic mass is 16.3. The number of phenols is 1. The Morgan fingerprint density at radius 2 is 1.91 bits per heavy atom. The number of imidazole rings is 1. The first-order chi connectivity index (χ1) is 10.7. The van der Waals surface area contributed by atoms with Crippen molar-refractivity contribution in [3.05, 3.63) is 78.4 Å². The molecule has 0 radical (unpaired) electrons. The van der Waals surface area contributed by atoms with Crippen LogP contribution in [0.2, 0.25) is 0 Å². The first kappa shape index (κ1) is 13.9. The third-order valence-corrected chi connectivity index (χ3v) is 3.29. The fourth-order valence-electron chi connectivity index (χ4n) is 2.13. The number of carbonyl (C=O) groups excluding carboxylic acids is 1. The van der Waals surface area contributed by atoms with Gasteiger partial charge in [0.05, 0.1) is 12.0 Å². The summed E-state index contributed by atoms with van der Waals surface area (Å²) in [7, 11) is 0. The van der Waals surface area contributed by atoms with E-state index in [0.717, 1.165) is 5.56 Å². The predicted molar refractivity (Wildman–Crippen MR) is 83.8 cm³/mol. The SMILES string of the molecule is O=C(Nc1ccccc1O)c1ccc(Cn2ccnc2)cc1. The molecule has 0 atom stereocenters. The lowest BCUT2D eigenvalue weighted by Gasteiger charge is -2.08.